The van der Waals surface area contributed by atoms with Gasteiger partial charge in [0.2, 0.25) is 0 Å². The molecule has 0 spiro atoms. The maximum absolute atomic E-state index is 10.2. The first-order valence-electron chi connectivity index (χ1n) is 6.61. The fraction of sp³-hybridized carbons (Fsp3) is 1.00. The van der Waals surface area contributed by atoms with Crippen LogP contribution in [0.15, 0.2) is 0 Å². The van der Waals surface area contributed by atoms with Crippen molar-refractivity contribution >= 4 is 0 Å². The highest BCUT2D eigenvalue weighted by Crippen LogP contribution is 2.43. The molecule has 0 heterocycles. The van der Waals surface area contributed by atoms with Crippen LogP contribution in [0.1, 0.15) is 58.3 Å². The molecule has 2 N–H and O–H groups in total. The van der Waals surface area contributed by atoms with Gasteiger partial charge in [0.1, 0.15) is 0 Å². The van der Waals surface area contributed by atoms with Crippen molar-refractivity contribution in [3.05, 3.63) is 0 Å². The summed E-state index contributed by atoms with van der Waals surface area (Å²) in [4.78, 5) is 0. The molecule has 0 radical (unpaired) electrons. The van der Waals surface area contributed by atoms with E-state index < -0.39 is 0 Å². The molecule has 0 aliphatic heterocycles. The van der Waals surface area contributed by atoms with E-state index in [0.29, 0.717) is 5.41 Å². The van der Waals surface area contributed by atoms with Gasteiger partial charge < -0.3 is 10.4 Å². The Balaban J connectivity index is 1.69. The fourth-order valence-electron chi connectivity index (χ4n) is 3.10. The predicted octanol–water partition coefficient (Wildman–Crippen LogP) is 2.46. The van der Waals surface area contributed by atoms with Crippen LogP contribution < -0.4 is 5.32 Å². The summed E-state index contributed by atoms with van der Waals surface area (Å²) in [6.07, 6.45) is 9.87. The molecule has 2 aliphatic rings. The molecule has 88 valence electrons. The van der Waals surface area contributed by atoms with Gasteiger partial charge in [0.05, 0.1) is 5.60 Å². The molecule has 0 aromatic carbocycles. The van der Waals surface area contributed by atoms with Crippen molar-refractivity contribution in [1.29, 1.82) is 0 Å². The monoisotopic (exact) mass is 211 g/mol. The fourth-order valence-corrected chi connectivity index (χ4v) is 3.10. The van der Waals surface area contributed by atoms with Crippen molar-refractivity contribution in [3.8, 4) is 0 Å². The molecule has 0 unspecified atom stereocenters. The minimum absolute atomic E-state index is 0.376. The summed E-state index contributed by atoms with van der Waals surface area (Å²) in [6, 6.07) is 0. The third kappa shape index (κ3) is 2.54. The number of aliphatic hydroxyl groups is 1. The SMILES string of the molecule is CCC1(CNCC2(O)CCCC2)CCC1. The first-order chi connectivity index (χ1) is 7.18. The molecule has 2 aliphatic carbocycles. The van der Waals surface area contributed by atoms with Gasteiger partial charge in [-0.05, 0) is 37.5 Å². The summed E-state index contributed by atoms with van der Waals surface area (Å²) in [6.45, 7) is 4.23. The lowest BCUT2D eigenvalue weighted by atomic mass is 9.67. The second-order valence-electron chi connectivity index (χ2n) is 5.74. The Morgan fingerprint density at radius 2 is 1.67 bits per heavy atom. The summed E-state index contributed by atoms with van der Waals surface area (Å²) in [5.74, 6) is 0. The largest absolute Gasteiger partial charge is 0.389 e. The van der Waals surface area contributed by atoms with Gasteiger partial charge in [-0.25, -0.2) is 0 Å². The lowest BCUT2D eigenvalue weighted by molar-refractivity contribution is 0.0383. The van der Waals surface area contributed by atoms with Crippen LogP contribution >= 0.6 is 0 Å². The van der Waals surface area contributed by atoms with Gasteiger partial charge in [0.25, 0.3) is 0 Å². The maximum Gasteiger partial charge on any atom is 0.0771 e. The Hall–Kier alpha value is -0.0800. The summed E-state index contributed by atoms with van der Waals surface area (Å²) in [5, 5.41) is 13.7. The number of nitrogens with one attached hydrogen (secondary N) is 1. The van der Waals surface area contributed by atoms with Gasteiger partial charge >= 0.3 is 0 Å². The van der Waals surface area contributed by atoms with Crippen molar-refractivity contribution in [2.45, 2.75) is 63.9 Å². The number of rotatable bonds is 5. The highest BCUT2D eigenvalue weighted by atomic mass is 16.3. The number of hydrogen-bond donors (Lipinski definition) is 2. The van der Waals surface area contributed by atoms with Gasteiger partial charge in [0.15, 0.2) is 0 Å². The quantitative estimate of drug-likeness (QED) is 0.732. The van der Waals surface area contributed by atoms with Crippen molar-refractivity contribution < 1.29 is 5.11 Å². The zero-order valence-electron chi connectivity index (χ0n) is 10.0. The van der Waals surface area contributed by atoms with E-state index >= 15 is 0 Å². The normalized spacial score (nSPS) is 27.6. The molecule has 0 amide bonds. The Kier molecular flexibility index (Phi) is 3.36. The highest BCUT2D eigenvalue weighted by molar-refractivity contribution is 4.91. The van der Waals surface area contributed by atoms with Crippen LogP contribution in [-0.2, 0) is 0 Å². The van der Waals surface area contributed by atoms with Crippen molar-refractivity contribution in [3.63, 3.8) is 0 Å². The summed E-state index contributed by atoms with van der Waals surface area (Å²) in [7, 11) is 0. The topological polar surface area (TPSA) is 32.3 Å². The Bertz CT molecular complexity index is 197. The second-order valence-corrected chi connectivity index (χ2v) is 5.74. The van der Waals surface area contributed by atoms with E-state index in [1.54, 1.807) is 0 Å². The second kappa shape index (κ2) is 4.42. The molecule has 2 heteroatoms. The predicted molar refractivity (Wildman–Crippen MR) is 62.9 cm³/mol. The summed E-state index contributed by atoms with van der Waals surface area (Å²) < 4.78 is 0. The summed E-state index contributed by atoms with van der Waals surface area (Å²) >= 11 is 0. The van der Waals surface area contributed by atoms with Crippen LogP contribution in [0.2, 0.25) is 0 Å². The first kappa shape index (κ1) is 11.4. The van der Waals surface area contributed by atoms with Crippen molar-refractivity contribution in [1.82, 2.24) is 5.32 Å². The van der Waals surface area contributed by atoms with Gasteiger partial charge in [0, 0.05) is 13.1 Å². The molecule has 2 fully saturated rings. The molecule has 2 nitrogen and oxygen atoms in total. The zero-order valence-corrected chi connectivity index (χ0v) is 10.0. The molecule has 2 rings (SSSR count). The Morgan fingerprint density at radius 3 is 2.13 bits per heavy atom. The first-order valence-corrected chi connectivity index (χ1v) is 6.61. The Labute approximate surface area is 93.5 Å². The van der Waals surface area contributed by atoms with Crippen LogP contribution in [0.4, 0.5) is 0 Å². The highest BCUT2D eigenvalue weighted by Gasteiger charge is 2.36. The van der Waals surface area contributed by atoms with Crippen LogP contribution in [0, 0.1) is 5.41 Å². The van der Waals surface area contributed by atoms with Crippen LogP contribution in [-0.4, -0.2) is 23.8 Å². The van der Waals surface area contributed by atoms with E-state index in [-0.39, 0.29) is 5.60 Å². The third-order valence-corrected chi connectivity index (χ3v) is 4.65. The third-order valence-electron chi connectivity index (χ3n) is 4.65. The van der Waals surface area contributed by atoms with E-state index in [2.05, 4.69) is 12.2 Å². The lowest BCUT2D eigenvalue weighted by Crippen LogP contribution is -2.45. The van der Waals surface area contributed by atoms with Crippen LogP contribution in [0.5, 0.6) is 0 Å². The molecular weight excluding hydrogens is 186 g/mol. The smallest absolute Gasteiger partial charge is 0.0771 e. The van der Waals surface area contributed by atoms with E-state index in [9.17, 15) is 5.11 Å². The average molecular weight is 211 g/mol. The Morgan fingerprint density at radius 1 is 1.00 bits per heavy atom. The molecule has 0 saturated heterocycles. The molecule has 0 aromatic rings. The standard InChI is InChI=1S/C13H25NO/c1-2-12(6-5-7-12)10-14-11-13(15)8-3-4-9-13/h14-15H,2-11H2,1H3. The molecule has 0 aromatic heterocycles. The van der Waals surface area contributed by atoms with E-state index in [1.165, 1.54) is 38.5 Å². The lowest BCUT2D eigenvalue weighted by Gasteiger charge is -2.42. The number of hydrogen-bond acceptors (Lipinski definition) is 2. The van der Waals surface area contributed by atoms with Crippen LogP contribution in [0.3, 0.4) is 0 Å². The van der Waals surface area contributed by atoms with Crippen molar-refractivity contribution in [2.24, 2.45) is 5.41 Å². The van der Waals surface area contributed by atoms with E-state index in [1.807, 2.05) is 0 Å². The van der Waals surface area contributed by atoms with Crippen molar-refractivity contribution in [2.75, 3.05) is 13.1 Å². The molecule has 2 saturated carbocycles. The van der Waals surface area contributed by atoms with Crippen LogP contribution in [0.25, 0.3) is 0 Å². The van der Waals surface area contributed by atoms with Gasteiger partial charge in [-0.2, -0.15) is 0 Å². The maximum atomic E-state index is 10.2. The average Bonchev–Trinajstić information content (AvgIpc) is 2.58. The van der Waals surface area contributed by atoms with Gasteiger partial charge in [-0.15, -0.1) is 0 Å². The minimum atomic E-state index is -0.376. The van der Waals surface area contributed by atoms with Gasteiger partial charge in [-0.3, -0.25) is 0 Å². The zero-order chi connectivity index (χ0) is 10.8. The molecule has 0 bridgehead atoms. The minimum Gasteiger partial charge on any atom is -0.389 e. The molecular formula is C13H25NO. The summed E-state index contributed by atoms with van der Waals surface area (Å²) in [5.41, 5.74) is 0.202. The van der Waals surface area contributed by atoms with Gasteiger partial charge in [-0.1, -0.05) is 26.2 Å². The van der Waals surface area contributed by atoms with E-state index in [0.717, 1.165) is 25.9 Å². The van der Waals surface area contributed by atoms with E-state index in [4.69, 9.17) is 0 Å². The molecule has 15 heavy (non-hydrogen) atoms. The molecule has 0 atom stereocenters.